The largest absolute Gasteiger partial charge is 0.492 e. The fourth-order valence-electron chi connectivity index (χ4n) is 1.76. The predicted octanol–water partition coefficient (Wildman–Crippen LogP) is 3.78. The van der Waals surface area contributed by atoms with E-state index < -0.39 is 0 Å². The number of para-hydroxylation sites is 2. The molecule has 0 atom stereocenters. The molecule has 4 nitrogen and oxygen atoms in total. The SMILES string of the molecule is CCOc1ccccc1NC(=O)NCc1sccc1C. The van der Waals surface area contributed by atoms with E-state index in [9.17, 15) is 4.79 Å². The molecule has 20 heavy (non-hydrogen) atoms. The second kappa shape index (κ2) is 6.96. The van der Waals surface area contributed by atoms with Crippen LogP contribution in [0.3, 0.4) is 0 Å². The zero-order valence-corrected chi connectivity index (χ0v) is 12.4. The molecule has 0 radical (unpaired) electrons. The summed E-state index contributed by atoms with van der Waals surface area (Å²) < 4.78 is 5.47. The first-order valence-corrected chi connectivity index (χ1v) is 7.38. The molecule has 0 aliphatic rings. The minimum atomic E-state index is -0.232. The maximum atomic E-state index is 11.9. The maximum Gasteiger partial charge on any atom is 0.319 e. The van der Waals surface area contributed by atoms with Gasteiger partial charge in [-0.2, -0.15) is 0 Å². The third-order valence-electron chi connectivity index (χ3n) is 2.81. The second-order valence-corrected chi connectivity index (χ2v) is 5.26. The Balaban J connectivity index is 1.93. The van der Waals surface area contributed by atoms with Crippen LogP contribution >= 0.6 is 11.3 Å². The highest BCUT2D eigenvalue weighted by molar-refractivity contribution is 7.10. The number of amides is 2. The molecule has 2 amide bonds. The maximum absolute atomic E-state index is 11.9. The highest BCUT2D eigenvalue weighted by Crippen LogP contribution is 2.23. The summed E-state index contributed by atoms with van der Waals surface area (Å²) >= 11 is 1.64. The fraction of sp³-hybridized carbons (Fsp3) is 0.267. The van der Waals surface area contributed by atoms with E-state index in [1.807, 2.05) is 49.6 Å². The predicted molar refractivity (Wildman–Crippen MR) is 82.5 cm³/mol. The number of hydrogen-bond acceptors (Lipinski definition) is 3. The van der Waals surface area contributed by atoms with Gasteiger partial charge >= 0.3 is 6.03 Å². The lowest BCUT2D eigenvalue weighted by molar-refractivity contribution is 0.251. The molecule has 0 fully saturated rings. The zero-order valence-electron chi connectivity index (χ0n) is 11.6. The highest BCUT2D eigenvalue weighted by Gasteiger charge is 2.07. The molecule has 2 rings (SSSR count). The molecule has 5 heteroatoms. The first-order valence-electron chi connectivity index (χ1n) is 6.50. The van der Waals surface area contributed by atoms with Gasteiger partial charge in [-0.15, -0.1) is 11.3 Å². The molecular formula is C15H18N2O2S. The molecule has 0 bridgehead atoms. The van der Waals surface area contributed by atoms with Crippen LogP contribution in [0.2, 0.25) is 0 Å². The van der Waals surface area contributed by atoms with Crippen molar-refractivity contribution >= 4 is 23.1 Å². The summed E-state index contributed by atoms with van der Waals surface area (Å²) in [5, 5.41) is 7.68. The molecule has 0 saturated carbocycles. The number of benzene rings is 1. The topological polar surface area (TPSA) is 50.4 Å². The van der Waals surface area contributed by atoms with E-state index in [-0.39, 0.29) is 6.03 Å². The number of ether oxygens (including phenoxy) is 1. The summed E-state index contributed by atoms with van der Waals surface area (Å²) in [5.74, 6) is 0.678. The van der Waals surface area contributed by atoms with E-state index in [1.165, 1.54) is 10.4 Å². The van der Waals surface area contributed by atoms with Gasteiger partial charge in [-0.3, -0.25) is 0 Å². The van der Waals surface area contributed by atoms with Crippen LogP contribution in [0.1, 0.15) is 17.4 Å². The van der Waals surface area contributed by atoms with Crippen molar-refractivity contribution in [2.75, 3.05) is 11.9 Å². The van der Waals surface area contributed by atoms with Crippen molar-refractivity contribution in [2.45, 2.75) is 20.4 Å². The number of nitrogens with one attached hydrogen (secondary N) is 2. The summed E-state index contributed by atoms with van der Waals surface area (Å²) in [6.45, 7) is 5.05. The Hall–Kier alpha value is -2.01. The van der Waals surface area contributed by atoms with E-state index >= 15 is 0 Å². The highest BCUT2D eigenvalue weighted by atomic mass is 32.1. The quantitative estimate of drug-likeness (QED) is 0.880. The summed E-state index contributed by atoms with van der Waals surface area (Å²) in [6, 6.07) is 9.21. The zero-order chi connectivity index (χ0) is 14.4. The standard InChI is InChI=1S/C15H18N2O2S/c1-3-19-13-7-5-4-6-12(13)17-15(18)16-10-14-11(2)8-9-20-14/h4-9H,3,10H2,1-2H3,(H2,16,17,18). The van der Waals surface area contributed by atoms with Gasteiger partial charge < -0.3 is 15.4 Å². The number of hydrogen-bond donors (Lipinski definition) is 2. The second-order valence-electron chi connectivity index (χ2n) is 4.26. The Bertz CT molecular complexity index is 581. The summed E-state index contributed by atoms with van der Waals surface area (Å²) in [4.78, 5) is 13.1. The Labute approximate surface area is 122 Å². The number of anilines is 1. The van der Waals surface area contributed by atoms with Crippen molar-refractivity contribution in [2.24, 2.45) is 0 Å². The van der Waals surface area contributed by atoms with E-state index in [0.717, 1.165) is 0 Å². The molecule has 106 valence electrons. The first kappa shape index (κ1) is 14.4. The molecule has 0 aliphatic carbocycles. The molecule has 1 heterocycles. The fourth-order valence-corrected chi connectivity index (χ4v) is 2.61. The Kier molecular flexibility index (Phi) is 5.01. The van der Waals surface area contributed by atoms with Crippen LogP contribution in [0.25, 0.3) is 0 Å². The average Bonchev–Trinajstić information content (AvgIpc) is 2.84. The Morgan fingerprint density at radius 2 is 2.10 bits per heavy atom. The molecule has 0 spiro atoms. The van der Waals surface area contributed by atoms with Gasteiger partial charge in [0.15, 0.2) is 0 Å². The van der Waals surface area contributed by atoms with Crippen LogP contribution in [0.15, 0.2) is 35.7 Å². The molecule has 2 aromatic rings. The lowest BCUT2D eigenvalue weighted by atomic mass is 10.3. The van der Waals surface area contributed by atoms with E-state index in [1.54, 1.807) is 11.3 Å². The van der Waals surface area contributed by atoms with Crippen LogP contribution in [0.5, 0.6) is 5.75 Å². The normalized spacial score (nSPS) is 10.1. The lowest BCUT2D eigenvalue weighted by Gasteiger charge is -2.11. The first-order chi connectivity index (χ1) is 9.70. The molecular weight excluding hydrogens is 272 g/mol. The van der Waals surface area contributed by atoms with Gasteiger partial charge in [-0.25, -0.2) is 4.79 Å². The van der Waals surface area contributed by atoms with Crippen LogP contribution < -0.4 is 15.4 Å². The van der Waals surface area contributed by atoms with Crippen LogP contribution in [0.4, 0.5) is 10.5 Å². The van der Waals surface area contributed by atoms with E-state index in [4.69, 9.17) is 4.74 Å². The Morgan fingerprint density at radius 3 is 2.80 bits per heavy atom. The van der Waals surface area contributed by atoms with Gasteiger partial charge in [0.25, 0.3) is 0 Å². The van der Waals surface area contributed by atoms with Crippen molar-refractivity contribution in [1.82, 2.24) is 5.32 Å². The summed E-state index contributed by atoms with van der Waals surface area (Å²) in [5.41, 5.74) is 1.87. The third-order valence-corrected chi connectivity index (χ3v) is 3.84. The number of rotatable bonds is 5. The van der Waals surface area contributed by atoms with Gasteiger partial charge in [-0.1, -0.05) is 12.1 Å². The number of urea groups is 1. The molecule has 0 unspecified atom stereocenters. The summed E-state index contributed by atoms with van der Waals surface area (Å²) in [7, 11) is 0. The van der Waals surface area contributed by atoms with Gasteiger partial charge in [0.2, 0.25) is 0 Å². The van der Waals surface area contributed by atoms with Crippen molar-refractivity contribution in [3.05, 3.63) is 46.2 Å². The van der Waals surface area contributed by atoms with Crippen molar-refractivity contribution < 1.29 is 9.53 Å². The lowest BCUT2D eigenvalue weighted by Crippen LogP contribution is -2.28. The van der Waals surface area contributed by atoms with Crippen molar-refractivity contribution in [3.63, 3.8) is 0 Å². The molecule has 2 N–H and O–H groups in total. The van der Waals surface area contributed by atoms with Crippen LogP contribution in [-0.4, -0.2) is 12.6 Å². The van der Waals surface area contributed by atoms with E-state index in [0.29, 0.717) is 24.6 Å². The monoisotopic (exact) mass is 290 g/mol. The number of thiophene rings is 1. The minimum Gasteiger partial charge on any atom is -0.492 e. The molecule has 1 aromatic carbocycles. The van der Waals surface area contributed by atoms with Gasteiger partial charge in [0.05, 0.1) is 18.8 Å². The van der Waals surface area contributed by atoms with Crippen LogP contribution in [0, 0.1) is 6.92 Å². The van der Waals surface area contributed by atoms with Gasteiger partial charge in [0, 0.05) is 4.88 Å². The number of aryl methyl sites for hydroxylation is 1. The third kappa shape index (κ3) is 3.74. The van der Waals surface area contributed by atoms with Crippen LogP contribution in [-0.2, 0) is 6.54 Å². The number of carbonyl (C=O) groups is 1. The minimum absolute atomic E-state index is 0.232. The van der Waals surface area contributed by atoms with Crippen molar-refractivity contribution in [1.29, 1.82) is 0 Å². The van der Waals surface area contributed by atoms with E-state index in [2.05, 4.69) is 10.6 Å². The smallest absolute Gasteiger partial charge is 0.319 e. The van der Waals surface area contributed by atoms with Crippen molar-refractivity contribution in [3.8, 4) is 5.75 Å². The van der Waals surface area contributed by atoms with Gasteiger partial charge in [0.1, 0.15) is 5.75 Å². The summed E-state index contributed by atoms with van der Waals surface area (Å²) in [6.07, 6.45) is 0. The molecule has 1 aromatic heterocycles. The number of carbonyl (C=O) groups excluding carboxylic acids is 1. The average molecular weight is 290 g/mol. The van der Waals surface area contributed by atoms with Gasteiger partial charge in [-0.05, 0) is 43.0 Å². The Morgan fingerprint density at radius 1 is 1.30 bits per heavy atom. The molecule has 0 saturated heterocycles. The molecule has 0 aliphatic heterocycles.